The molecule has 1 saturated heterocycles. The highest BCUT2D eigenvalue weighted by Gasteiger charge is 2.57. The van der Waals surface area contributed by atoms with E-state index in [1.54, 1.807) is 20.8 Å². The van der Waals surface area contributed by atoms with Gasteiger partial charge in [-0.1, -0.05) is 13.8 Å². The number of hydrogen-bond donors (Lipinski definition) is 0. The topological polar surface area (TPSA) is 72.9 Å². The maximum atomic E-state index is 12.0. The third kappa shape index (κ3) is 3.05. The van der Waals surface area contributed by atoms with Gasteiger partial charge < -0.3 is 9.47 Å². The molecule has 1 rings (SSSR count). The van der Waals surface area contributed by atoms with Crippen LogP contribution in [0.2, 0.25) is 0 Å². The quantitative estimate of drug-likeness (QED) is 0.563. The van der Waals surface area contributed by atoms with Crippen LogP contribution in [0.15, 0.2) is 0 Å². The molecule has 2 atom stereocenters. The van der Waals surface area contributed by atoms with E-state index < -0.39 is 29.6 Å². The van der Waals surface area contributed by atoms with Crippen molar-refractivity contribution in [2.75, 3.05) is 7.11 Å². The van der Waals surface area contributed by atoms with Crippen molar-refractivity contribution in [1.82, 2.24) is 4.90 Å². The predicted octanol–water partition coefficient (Wildman–Crippen LogP) is 1.58. The van der Waals surface area contributed by atoms with Crippen LogP contribution in [-0.4, -0.2) is 41.6 Å². The number of imide groups is 1. The van der Waals surface area contributed by atoms with Gasteiger partial charge in [0.25, 0.3) is 0 Å². The van der Waals surface area contributed by atoms with Crippen molar-refractivity contribution >= 4 is 18.0 Å². The zero-order valence-corrected chi connectivity index (χ0v) is 12.2. The summed E-state index contributed by atoms with van der Waals surface area (Å²) in [5.41, 5.74) is -0.721. The number of carbonyl (C=O) groups is 3. The number of nitrogens with zero attached hydrogens (tertiary/aromatic N) is 1. The molecule has 2 amide bonds. The average molecular weight is 271 g/mol. The third-order valence-electron chi connectivity index (χ3n) is 2.89. The molecule has 108 valence electrons. The van der Waals surface area contributed by atoms with Crippen molar-refractivity contribution in [1.29, 1.82) is 0 Å². The van der Waals surface area contributed by atoms with Gasteiger partial charge in [-0.3, -0.25) is 4.79 Å². The molecule has 0 spiro atoms. The molecule has 0 unspecified atom stereocenters. The minimum atomic E-state index is -0.882. The van der Waals surface area contributed by atoms with E-state index in [0.29, 0.717) is 0 Å². The van der Waals surface area contributed by atoms with Crippen molar-refractivity contribution in [3.8, 4) is 0 Å². The first kappa shape index (κ1) is 15.5. The molecule has 1 aliphatic rings. The Morgan fingerprint density at radius 2 is 1.79 bits per heavy atom. The molecule has 1 aliphatic heterocycles. The highest BCUT2D eigenvalue weighted by Crippen LogP contribution is 2.34. The lowest BCUT2D eigenvalue weighted by Crippen LogP contribution is -2.68. The van der Waals surface area contributed by atoms with E-state index in [-0.39, 0.29) is 11.8 Å². The first-order valence-electron chi connectivity index (χ1n) is 6.24. The standard InChI is InChI=1S/C13H21NO5/c1-7(2)8-9(11(16)18-6)14(10(8)15)12(17)19-13(3,4)5/h7-9H,1-6H3/t8-,9+/m1/s1. The van der Waals surface area contributed by atoms with Crippen LogP contribution >= 0.6 is 0 Å². The van der Waals surface area contributed by atoms with Crippen molar-refractivity contribution in [2.24, 2.45) is 11.8 Å². The van der Waals surface area contributed by atoms with Gasteiger partial charge in [-0.2, -0.15) is 0 Å². The summed E-state index contributed by atoms with van der Waals surface area (Å²) in [4.78, 5) is 36.5. The molecule has 0 aliphatic carbocycles. The van der Waals surface area contributed by atoms with Crippen molar-refractivity contribution < 1.29 is 23.9 Å². The summed E-state index contributed by atoms with van der Waals surface area (Å²) in [5, 5.41) is 0. The number of ether oxygens (including phenoxy) is 2. The fraction of sp³-hybridized carbons (Fsp3) is 0.769. The molecule has 19 heavy (non-hydrogen) atoms. The number of hydrogen-bond acceptors (Lipinski definition) is 5. The van der Waals surface area contributed by atoms with Gasteiger partial charge in [0, 0.05) is 0 Å². The lowest BCUT2D eigenvalue weighted by Gasteiger charge is -2.45. The maximum absolute atomic E-state index is 12.0. The Labute approximate surface area is 113 Å². The predicted molar refractivity (Wildman–Crippen MR) is 67.2 cm³/mol. The van der Waals surface area contributed by atoms with Gasteiger partial charge in [-0.25, -0.2) is 14.5 Å². The van der Waals surface area contributed by atoms with E-state index in [4.69, 9.17) is 4.74 Å². The van der Waals surface area contributed by atoms with Gasteiger partial charge in [0.05, 0.1) is 13.0 Å². The smallest absolute Gasteiger partial charge is 0.417 e. The summed E-state index contributed by atoms with van der Waals surface area (Å²) >= 11 is 0. The van der Waals surface area contributed by atoms with E-state index in [1.807, 2.05) is 13.8 Å². The van der Waals surface area contributed by atoms with Gasteiger partial charge in [0.2, 0.25) is 5.91 Å². The Bertz CT molecular complexity index is 396. The monoisotopic (exact) mass is 271 g/mol. The molecule has 6 heteroatoms. The first-order valence-corrected chi connectivity index (χ1v) is 6.24. The molecule has 1 heterocycles. The molecule has 0 aromatic rings. The largest absolute Gasteiger partial charge is 0.467 e. The highest BCUT2D eigenvalue weighted by atomic mass is 16.6. The second kappa shape index (κ2) is 5.19. The van der Waals surface area contributed by atoms with Crippen LogP contribution in [-0.2, 0) is 19.1 Å². The molecule has 0 radical (unpaired) electrons. The van der Waals surface area contributed by atoms with Crippen LogP contribution in [0, 0.1) is 11.8 Å². The molecule has 0 N–H and O–H groups in total. The van der Waals surface area contributed by atoms with E-state index in [1.165, 1.54) is 7.11 Å². The molecule has 0 aromatic carbocycles. The lowest BCUT2D eigenvalue weighted by molar-refractivity contribution is -0.173. The maximum Gasteiger partial charge on any atom is 0.417 e. The van der Waals surface area contributed by atoms with Gasteiger partial charge >= 0.3 is 12.1 Å². The van der Waals surface area contributed by atoms with Crippen LogP contribution < -0.4 is 0 Å². The van der Waals surface area contributed by atoms with E-state index in [0.717, 1.165) is 4.90 Å². The zero-order chi connectivity index (χ0) is 15.0. The SMILES string of the molecule is COC(=O)[C@@H]1[C@@H](C(C)C)C(=O)N1C(=O)OC(C)(C)C. The first-order chi connectivity index (χ1) is 8.60. The number of β-lactam (4-membered cyclic amide) rings is 1. The summed E-state index contributed by atoms with van der Waals surface area (Å²) in [6, 6.07) is -0.882. The van der Waals surface area contributed by atoms with Crippen molar-refractivity contribution in [3.05, 3.63) is 0 Å². The summed E-state index contributed by atoms with van der Waals surface area (Å²) in [6.07, 6.45) is -0.801. The van der Waals surface area contributed by atoms with Gasteiger partial charge in [-0.15, -0.1) is 0 Å². The summed E-state index contributed by atoms with van der Waals surface area (Å²) < 4.78 is 9.78. The fourth-order valence-electron chi connectivity index (χ4n) is 2.05. The molecular weight excluding hydrogens is 250 g/mol. The number of esters is 1. The molecule has 0 bridgehead atoms. The number of methoxy groups -OCH3 is 1. The Balaban J connectivity index is 2.91. The molecule has 6 nitrogen and oxygen atoms in total. The number of rotatable bonds is 2. The molecule has 0 aromatic heterocycles. The van der Waals surface area contributed by atoms with E-state index >= 15 is 0 Å². The zero-order valence-electron chi connectivity index (χ0n) is 12.2. The summed E-state index contributed by atoms with van der Waals surface area (Å²) in [5.74, 6) is -1.56. The van der Waals surface area contributed by atoms with Crippen LogP contribution in [0.25, 0.3) is 0 Å². The van der Waals surface area contributed by atoms with Crippen molar-refractivity contribution in [3.63, 3.8) is 0 Å². The van der Waals surface area contributed by atoms with E-state index in [9.17, 15) is 14.4 Å². The number of likely N-dealkylation sites (tertiary alicyclic amines) is 1. The Hall–Kier alpha value is -1.59. The normalized spacial score (nSPS) is 23.1. The summed E-state index contributed by atoms with van der Waals surface area (Å²) in [7, 11) is 1.23. The number of carbonyl (C=O) groups excluding carboxylic acids is 3. The molecular formula is C13H21NO5. The van der Waals surface area contributed by atoms with Crippen LogP contribution in [0.5, 0.6) is 0 Å². The van der Waals surface area contributed by atoms with Gasteiger partial charge in [0.1, 0.15) is 5.60 Å². The van der Waals surface area contributed by atoms with Gasteiger partial charge in [-0.05, 0) is 26.7 Å². The highest BCUT2D eigenvalue weighted by molar-refractivity contribution is 6.06. The minimum Gasteiger partial charge on any atom is -0.467 e. The van der Waals surface area contributed by atoms with Crippen LogP contribution in [0.4, 0.5) is 4.79 Å². The number of amides is 2. The van der Waals surface area contributed by atoms with E-state index in [2.05, 4.69) is 4.74 Å². The minimum absolute atomic E-state index is 0.0460. The van der Waals surface area contributed by atoms with Crippen LogP contribution in [0.3, 0.4) is 0 Å². The Morgan fingerprint density at radius 1 is 1.26 bits per heavy atom. The van der Waals surface area contributed by atoms with Gasteiger partial charge in [0.15, 0.2) is 6.04 Å². The third-order valence-corrected chi connectivity index (χ3v) is 2.89. The molecule has 1 fully saturated rings. The average Bonchev–Trinajstić information content (AvgIpc) is 2.21. The second-order valence-electron chi connectivity index (χ2n) is 5.93. The second-order valence-corrected chi connectivity index (χ2v) is 5.93. The lowest BCUT2D eigenvalue weighted by atomic mass is 9.79. The molecule has 0 saturated carbocycles. The fourth-order valence-corrected chi connectivity index (χ4v) is 2.05. The summed E-state index contributed by atoms with van der Waals surface area (Å²) in [6.45, 7) is 8.74. The van der Waals surface area contributed by atoms with Crippen LogP contribution in [0.1, 0.15) is 34.6 Å². The van der Waals surface area contributed by atoms with Crippen molar-refractivity contribution in [2.45, 2.75) is 46.3 Å². The Kier molecular flexibility index (Phi) is 4.22. The Morgan fingerprint density at radius 3 is 2.16 bits per heavy atom.